The van der Waals surface area contributed by atoms with Gasteiger partial charge in [-0.3, -0.25) is 4.79 Å². The van der Waals surface area contributed by atoms with E-state index in [0.717, 1.165) is 39.5 Å². The third kappa shape index (κ3) is 4.39. The lowest BCUT2D eigenvalue weighted by Crippen LogP contribution is -2.24. The van der Waals surface area contributed by atoms with Crippen molar-refractivity contribution in [1.82, 2.24) is 9.47 Å². The third-order valence-electron chi connectivity index (χ3n) is 6.53. The number of carbonyl (C=O) groups excluding carboxylic acids is 2. The van der Waals surface area contributed by atoms with E-state index in [1.165, 1.54) is 7.11 Å². The average Bonchev–Trinajstić information content (AvgIpc) is 3.26. The van der Waals surface area contributed by atoms with E-state index in [9.17, 15) is 9.59 Å². The minimum atomic E-state index is -0.521. The van der Waals surface area contributed by atoms with Crippen molar-refractivity contribution in [3.8, 4) is 11.4 Å². The first kappa shape index (κ1) is 24.1. The number of aryl methyl sites for hydroxylation is 2. The van der Waals surface area contributed by atoms with E-state index in [0.29, 0.717) is 23.4 Å². The number of methoxy groups -OCH3 is 2. The van der Waals surface area contributed by atoms with Gasteiger partial charge in [0.25, 0.3) is 5.91 Å². The van der Waals surface area contributed by atoms with Gasteiger partial charge >= 0.3 is 5.97 Å². The van der Waals surface area contributed by atoms with Gasteiger partial charge in [-0.15, -0.1) is 0 Å². The van der Waals surface area contributed by atoms with Crippen molar-refractivity contribution in [1.29, 1.82) is 0 Å². The van der Waals surface area contributed by atoms with Gasteiger partial charge in [0.2, 0.25) is 0 Å². The minimum absolute atomic E-state index is 0.223. The van der Waals surface area contributed by atoms with E-state index in [2.05, 4.69) is 23.6 Å². The number of allylic oxidation sites excluding steroid dienone is 1. The molecule has 0 unspecified atom stereocenters. The Kier molecular flexibility index (Phi) is 6.65. The highest BCUT2D eigenvalue weighted by molar-refractivity contribution is 6.16. The Morgan fingerprint density at radius 3 is 2.29 bits per heavy atom. The van der Waals surface area contributed by atoms with Crippen molar-refractivity contribution in [2.45, 2.75) is 34.2 Å². The smallest absolute Gasteiger partial charge is 0.340 e. The van der Waals surface area contributed by atoms with Gasteiger partial charge in [-0.2, -0.15) is 0 Å². The van der Waals surface area contributed by atoms with E-state index in [4.69, 9.17) is 9.47 Å². The van der Waals surface area contributed by atoms with Crippen LogP contribution in [-0.4, -0.2) is 35.6 Å². The van der Waals surface area contributed by atoms with Crippen LogP contribution in [-0.2, 0) is 20.9 Å². The molecule has 0 aliphatic carbocycles. The van der Waals surface area contributed by atoms with Crippen LogP contribution in [0.1, 0.15) is 35.0 Å². The monoisotopic (exact) mass is 470 g/mol. The fourth-order valence-corrected chi connectivity index (χ4v) is 4.61. The van der Waals surface area contributed by atoms with Gasteiger partial charge in [0.15, 0.2) is 0 Å². The molecule has 4 rings (SSSR count). The summed E-state index contributed by atoms with van der Waals surface area (Å²) in [7, 11) is 2.95. The maximum Gasteiger partial charge on any atom is 0.340 e. The largest absolute Gasteiger partial charge is 0.497 e. The molecule has 0 spiro atoms. The van der Waals surface area contributed by atoms with Crippen LogP contribution in [0.15, 0.2) is 71.4 Å². The van der Waals surface area contributed by atoms with E-state index in [-0.39, 0.29) is 5.91 Å². The number of ether oxygens (including phenoxy) is 2. The lowest BCUT2D eigenvalue weighted by Gasteiger charge is -2.18. The fraction of sp³-hybridized carbons (Fsp3) is 0.241. The van der Waals surface area contributed by atoms with E-state index >= 15 is 0 Å². The van der Waals surface area contributed by atoms with Crippen molar-refractivity contribution >= 4 is 18.0 Å². The number of rotatable bonds is 6. The normalized spacial score (nSPS) is 14.7. The first-order chi connectivity index (χ1) is 16.8. The Hall–Kier alpha value is -4.06. The van der Waals surface area contributed by atoms with Crippen molar-refractivity contribution in [2.24, 2.45) is 0 Å². The number of hydrogen-bond donors (Lipinski definition) is 0. The van der Waals surface area contributed by atoms with Gasteiger partial charge in [-0.1, -0.05) is 30.3 Å². The summed E-state index contributed by atoms with van der Waals surface area (Å²) in [5.74, 6) is 0.0000575. The van der Waals surface area contributed by atoms with E-state index < -0.39 is 5.97 Å². The highest BCUT2D eigenvalue weighted by atomic mass is 16.5. The van der Waals surface area contributed by atoms with Crippen LogP contribution in [0.2, 0.25) is 0 Å². The Balaban J connectivity index is 1.76. The highest BCUT2D eigenvalue weighted by Crippen LogP contribution is 2.34. The van der Waals surface area contributed by atoms with E-state index in [1.54, 1.807) is 18.9 Å². The van der Waals surface area contributed by atoms with Gasteiger partial charge in [0.1, 0.15) is 5.75 Å². The Morgan fingerprint density at radius 2 is 1.66 bits per heavy atom. The second-order valence-corrected chi connectivity index (χ2v) is 8.70. The zero-order valence-electron chi connectivity index (χ0n) is 21.0. The molecule has 0 saturated carbocycles. The summed E-state index contributed by atoms with van der Waals surface area (Å²) < 4.78 is 12.5. The first-order valence-electron chi connectivity index (χ1n) is 11.5. The molecule has 0 fully saturated rings. The van der Waals surface area contributed by atoms with Gasteiger partial charge in [-0.05, 0) is 74.7 Å². The summed E-state index contributed by atoms with van der Waals surface area (Å²) in [6.07, 6.45) is 1.81. The molecular formula is C29H30N2O4. The van der Waals surface area contributed by atoms with Crippen molar-refractivity contribution in [3.63, 3.8) is 0 Å². The molecule has 1 aliphatic heterocycles. The lowest BCUT2D eigenvalue weighted by molar-refractivity contribution is -0.136. The molecule has 35 heavy (non-hydrogen) atoms. The Labute approximate surface area is 206 Å². The van der Waals surface area contributed by atoms with Crippen LogP contribution in [0.4, 0.5) is 0 Å². The number of hydrogen-bond acceptors (Lipinski definition) is 4. The third-order valence-corrected chi connectivity index (χ3v) is 6.53. The van der Waals surface area contributed by atoms with Crippen molar-refractivity contribution in [3.05, 3.63) is 99.5 Å². The second-order valence-electron chi connectivity index (χ2n) is 8.70. The molecule has 2 aromatic carbocycles. The number of esters is 1. The maximum absolute atomic E-state index is 13.6. The summed E-state index contributed by atoms with van der Waals surface area (Å²) in [6, 6.07) is 17.8. The first-order valence-corrected chi connectivity index (χ1v) is 11.5. The number of carbonyl (C=O) groups is 2. The topological polar surface area (TPSA) is 60.8 Å². The van der Waals surface area contributed by atoms with E-state index in [1.807, 2.05) is 62.4 Å². The number of aromatic nitrogens is 1. The molecular weight excluding hydrogens is 440 g/mol. The number of amides is 1. The summed E-state index contributed by atoms with van der Waals surface area (Å²) >= 11 is 0. The molecule has 6 nitrogen and oxygen atoms in total. The van der Waals surface area contributed by atoms with Gasteiger partial charge < -0.3 is 18.9 Å². The summed E-state index contributed by atoms with van der Waals surface area (Å²) in [5.41, 5.74) is 7.32. The zero-order valence-corrected chi connectivity index (χ0v) is 21.0. The summed E-state index contributed by atoms with van der Waals surface area (Å²) in [6.45, 7) is 8.26. The lowest BCUT2D eigenvalue weighted by atomic mass is 10.0. The van der Waals surface area contributed by atoms with Crippen LogP contribution in [0.3, 0.4) is 0 Å². The molecule has 0 atom stereocenters. The molecule has 1 aliphatic rings. The molecule has 2 heterocycles. The van der Waals surface area contributed by atoms with Crippen LogP contribution in [0.5, 0.6) is 5.75 Å². The molecule has 0 radical (unpaired) electrons. The highest BCUT2D eigenvalue weighted by Gasteiger charge is 2.37. The molecule has 180 valence electrons. The van der Waals surface area contributed by atoms with Crippen molar-refractivity contribution in [2.75, 3.05) is 14.2 Å². The fourth-order valence-electron chi connectivity index (χ4n) is 4.61. The molecule has 3 aromatic rings. The minimum Gasteiger partial charge on any atom is -0.497 e. The van der Waals surface area contributed by atoms with Crippen LogP contribution in [0.25, 0.3) is 11.8 Å². The van der Waals surface area contributed by atoms with Crippen LogP contribution in [0, 0.1) is 20.8 Å². The van der Waals surface area contributed by atoms with Crippen molar-refractivity contribution < 1.29 is 19.1 Å². The zero-order chi connectivity index (χ0) is 25.3. The molecule has 6 heteroatoms. The van der Waals surface area contributed by atoms with Crippen LogP contribution < -0.4 is 4.74 Å². The molecule has 0 N–H and O–H groups in total. The average molecular weight is 471 g/mol. The number of nitrogens with zero attached hydrogens (tertiary/aromatic N) is 2. The summed E-state index contributed by atoms with van der Waals surface area (Å²) in [5, 5.41) is 0. The number of benzene rings is 2. The predicted octanol–water partition coefficient (Wildman–Crippen LogP) is 5.28. The van der Waals surface area contributed by atoms with Crippen LogP contribution >= 0.6 is 0 Å². The molecule has 0 bridgehead atoms. The molecule has 0 saturated heterocycles. The van der Waals surface area contributed by atoms with Gasteiger partial charge in [-0.25, -0.2) is 4.79 Å². The van der Waals surface area contributed by atoms with Gasteiger partial charge in [0.05, 0.1) is 31.9 Å². The standard InChI is InChI=1S/C29H30N2O4/c1-18-9-7-8-10-26(18)31-19(2)15-23(20(31)3)16-25-27(29(33)35-6)21(4)30(28(25)32)17-22-11-13-24(34-5)14-12-22/h7-16H,17H2,1-6H3/b25-16-. The molecule has 1 aromatic heterocycles. The number of para-hydroxylation sites is 1. The SMILES string of the molecule is COC(=O)C1=C(C)N(Cc2ccc(OC)cc2)C(=O)/C1=C\c1cc(C)n(-c2ccccc2C)c1C. The summed E-state index contributed by atoms with van der Waals surface area (Å²) in [4.78, 5) is 28.0. The second kappa shape index (κ2) is 9.66. The Bertz CT molecular complexity index is 1360. The maximum atomic E-state index is 13.6. The Morgan fingerprint density at radius 1 is 0.971 bits per heavy atom. The molecule has 1 amide bonds. The predicted molar refractivity (Wildman–Crippen MR) is 136 cm³/mol. The van der Waals surface area contributed by atoms with Gasteiger partial charge in [0, 0.05) is 22.8 Å². The quantitative estimate of drug-likeness (QED) is 0.363.